The molecule has 0 radical (unpaired) electrons. The number of hydrogen-bond donors (Lipinski definition) is 0. The fourth-order valence-corrected chi connectivity index (χ4v) is 3.79. The van der Waals surface area contributed by atoms with Gasteiger partial charge in [-0.2, -0.15) is 0 Å². The summed E-state index contributed by atoms with van der Waals surface area (Å²) in [4.78, 5) is 28.2. The largest absolute Gasteiger partial charge is 0.370 e. The van der Waals surface area contributed by atoms with E-state index in [1.165, 1.54) is 0 Å². The van der Waals surface area contributed by atoms with Crippen LogP contribution in [0.2, 0.25) is 0 Å². The number of nitrogens with zero attached hydrogens (tertiary/aromatic N) is 2. The lowest BCUT2D eigenvalue weighted by Crippen LogP contribution is -2.52. The SMILES string of the molecule is CC(=O)N1CCC(C(=O)N2CCOC(c3ccccc3)C2C)CC1. The van der Waals surface area contributed by atoms with Crippen molar-refractivity contribution >= 4 is 11.8 Å². The van der Waals surface area contributed by atoms with Crippen LogP contribution in [0.3, 0.4) is 0 Å². The van der Waals surface area contributed by atoms with Gasteiger partial charge in [-0.25, -0.2) is 0 Å². The zero-order valence-electron chi connectivity index (χ0n) is 14.5. The van der Waals surface area contributed by atoms with Crippen LogP contribution >= 0.6 is 0 Å². The minimum absolute atomic E-state index is 0.0255. The second-order valence-electron chi connectivity index (χ2n) is 6.75. The molecule has 5 nitrogen and oxygen atoms in total. The first-order chi connectivity index (χ1) is 11.6. The third kappa shape index (κ3) is 3.46. The first-order valence-corrected chi connectivity index (χ1v) is 8.80. The van der Waals surface area contributed by atoms with Crippen LogP contribution in [0.15, 0.2) is 30.3 Å². The normalized spacial score (nSPS) is 25.6. The van der Waals surface area contributed by atoms with E-state index in [0.717, 1.165) is 18.4 Å². The van der Waals surface area contributed by atoms with E-state index in [9.17, 15) is 9.59 Å². The average molecular weight is 330 g/mol. The molecule has 0 spiro atoms. The molecule has 5 heteroatoms. The molecule has 2 aliphatic rings. The Hall–Kier alpha value is -1.88. The molecule has 0 N–H and O–H groups in total. The topological polar surface area (TPSA) is 49.9 Å². The van der Waals surface area contributed by atoms with Crippen molar-refractivity contribution in [2.45, 2.75) is 38.8 Å². The van der Waals surface area contributed by atoms with E-state index >= 15 is 0 Å². The van der Waals surface area contributed by atoms with Gasteiger partial charge in [0.2, 0.25) is 11.8 Å². The summed E-state index contributed by atoms with van der Waals surface area (Å²) in [6, 6.07) is 10.1. The average Bonchev–Trinajstić information content (AvgIpc) is 2.62. The summed E-state index contributed by atoms with van der Waals surface area (Å²) >= 11 is 0. The highest BCUT2D eigenvalue weighted by molar-refractivity contribution is 5.80. The van der Waals surface area contributed by atoms with E-state index in [1.807, 2.05) is 28.0 Å². The molecule has 2 amide bonds. The monoisotopic (exact) mass is 330 g/mol. The highest BCUT2D eigenvalue weighted by atomic mass is 16.5. The molecule has 0 aliphatic carbocycles. The first kappa shape index (κ1) is 17.0. The van der Waals surface area contributed by atoms with Crippen molar-refractivity contribution in [1.29, 1.82) is 0 Å². The Morgan fingerprint density at radius 3 is 2.38 bits per heavy atom. The van der Waals surface area contributed by atoms with Gasteiger partial charge in [0, 0.05) is 32.5 Å². The van der Waals surface area contributed by atoms with E-state index in [2.05, 4.69) is 19.1 Å². The van der Waals surface area contributed by atoms with Crippen LogP contribution < -0.4 is 0 Å². The molecule has 2 aliphatic heterocycles. The molecule has 2 saturated heterocycles. The number of carbonyl (C=O) groups excluding carboxylic acids is 2. The number of amides is 2. The Morgan fingerprint density at radius 1 is 1.08 bits per heavy atom. The zero-order chi connectivity index (χ0) is 17.1. The number of hydrogen-bond acceptors (Lipinski definition) is 3. The molecule has 130 valence electrons. The Bertz CT molecular complexity index is 582. The van der Waals surface area contributed by atoms with Crippen LogP contribution in [-0.4, -0.2) is 53.9 Å². The molecule has 1 aromatic carbocycles. The van der Waals surface area contributed by atoms with Crippen molar-refractivity contribution in [3.63, 3.8) is 0 Å². The minimum atomic E-state index is -0.0683. The van der Waals surface area contributed by atoms with E-state index in [-0.39, 0.29) is 29.9 Å². The number of likely N-dealkylation sites (tertiary alicyclic amines) is 1. The Kier molecular flexibility index (Phi) is 5.19. The third-order valence-corrected chi connectivity index (χ3v) is 5.26. The highest BCUT2D eigenvalue weighted by Crippen LogP contribution is 2.30. The Balaban J connectivity index is 1.65. The molecule has 1 aromatic rings. The van der Waals surface area contributed by atoms with Gasteiger partial charge in [0.15, 0.2) is 0 Å². The Morgan fingerprint density at radius 2 is 1.75 bits per heavy atom. The van der Waals surface area contributed by atoms with Crippen molar-refractivity contribution < 1.29 is 14.3 Å². The number of piperidine rings is 1. The van der Waals surface area contributed by atoms with Crippen molar-refractivity contribution in [3.05, 3.63) is 35.9 Å². The maximum absolute atomic E-state index is 13.0. The first-order valence-electron chi connectivity index (χ1n) is 8.80. The van der Waals surface area contributed by atoms with Crippen LogP contribution in [0.25, 0.3) is 0 Å². The summed E-state index contributed by atoms with van der Waals surface area (Å²) in [5, 5.41) is 0. The number of ether oxygens (including phenoxy) is 1. The smallest absolute Gasteiger partial charge is 0.226 e. The lowest BCUT2D eigenvalue weighted by molar-refractivity contribution is -0.152. The maximum atomic E-state index is 13.0. The fourth-order valence-electron chi connectivity index (χ4n) is 3.79. The van der Waals surface area contributed by atoms with Crippen LogP contribution in [0.1, 0.15) is 38.4 Å². The summed E-state index contributed by atoms with van der Waals surface area (Å²) in [6.07, 6.45) is 1.46. The number of morpholine rings is 1. The summed E-state index contributed by atoms with van der Waals surface area (Å²) in [5.74, 6) is 0.345. The molecule has 24 heavy (non-hydrogen) atoms. The van der Waals surface area contributed by atoms with Crippen LogP contribution in [-0.2, 0) is 14.3 Å². The molecule has 2 unspecified atom stereocenters. The Labute approximate surface area is 143 Å². The summed E-state index contributed by atoms with van der Waals surface area (Å²) in [7, 11) is 0. The summed E-state index contributed by atoms with van der Waals surface area (Å²) < 4.78 is 5.95. The summed E-state index contributed by atoms with van der Waals surface area (Å²) in [6.45, 7) is 6.26. The van der Waals surface area contributed by atoms with Crippen molar-refractivity contribution in [2.24, 2.45) is 5.92 Å². The lowest BCUT2D eigenvalue weighted by atomic mass is 9.93. The van der Waals surface area contributed by atoms with Crippen molar-refractivity contribution in [1.82, 2.24) is 9.80 Å². The number of benzene rings is 1. The molecule has 0 aromatic heterocycles. The number of carbonyl (C=O) groups is 2. The van der Waals surface area contributed by atoms with Crippen LogP contribution in [0.4, 0.5) is 0 Å². The summed E-state index contributed by atoms with van der Waals surface area (Å²) in [5.41, 5.74) is 1.12. The van der Waals surface area contributed by atoms with E-state index in [1.54, 1.807) is 6.92 Å². The van der Waals surface area contributed by atoms with Gasteiger partial charge in [-0.15, -0.1) is 0 Å². The van der Waals surface area contributed by atoms with Crippen LogP contribution in [0, 0.1) is 5.92 Å². The molecule has 2 atom stereocenters. The molecule has 2 fully saturated rings. The molecule has 2 heterocycles. The van der Waals surface area contributed by atoms with Gasteiger partial charge in [0.1, 0.15) is 6.10 Å². The molecular formula is C19H26N2O3. The van der Waals surface area contributed by atoms with Gasteiger partial charge < -0.3 is 14.5 Å². The maximum Gasteiger partial charge on any atom is 0.226 e. The van der Waals surface area contributed by atoms with Gasteiger partial charge in [0.05, 0.1) is 12.6 Å². The molecular weight excluding hydrogens is 304 g/mol. The van der Waals surface area contributed by atoms with E-state index in [4.69, 9.17) is 4.74 Å². The second kappa shape index (κ2) is 7.34. The van der Waals surface area contributed by atoms with Gasteiger partial charge >= 0.3 is 0 Å². The third-order valence-electron chi connectivity index (χ3n) is 5.26. The van der Waals surface area contributed by atoms with Crippen molar-refractivity contribution in [3.8, 4) is 0 Å². The second-order valence-corrected chi connectivity index (χ2v) is 6.75. The standard InChI is InChI=1S/C19H26N2O3/c1-14-18(16-6-4-3-5-7-16)24-13-12-21(14)19(23)17-8-10-20(11-9-17)15(2)22/h3-7,14,17-18H,8-13H2,1-2H3. The lowest BCUT2D eigenvalue weighted by Gasteiger charge is -2.42. The minimum Gasteiger partial charge on any atom is -0.370 e. The van der Waals surface area contributed by atoms with Crippen LogP contribution in [0.5, 0.6) is 0 Å². The fraction of sp³-hybridized carbons (Fsp3) is 0.579. The predicted molar refractivity (Wildman–Crippen MR) is 91.3 cm³/mol. The highest BCUT2D eigenvalue weighted by Gasteiger charge is 2.37. The van der Waals surface area contributed by atoms with Crippen molar-refractivity contribution in [2.75, 3.05) is 26.2 Å². The van der Waals surface area contributed by atoms with Gasteiger partial charge in [-0.1, -0.05) is 30.3 Å². The quantitative estimate of drug-likeness (QED) is 0.835. The molecule has 3 rings (SSSR count). The molecule has 0 saturated carbocycles. The zero-order valence-corrected chi connectivity index (χ0v) is 14.5. The van der Waals surface area contributed by atoms with E-state index < -0.39 is 0 Å². The van der Waals surface area contributed by atoms with Gasteiger partial charge in [-0.05, 0) is 25.3 Å². The predicted octanol–water partition coefficient (Wildman–Crippen LogP) is 2.23. The molecule has 0 bridgehead atoms. The van der Waals surface area contributed by atoms with E-state index in [0.29, 0.717) is 26.2 Å². The van der Waals surface area contributed by atoms with Gasteiger partial charge in [-0.3, -0.25) is 9.59 Å². The van der Waals surface area contributed by atoms with Gasteiger partial charge in [0.25, 0.3) is 0 Å². The number of rotatable bonds is 2.